The maximum absolute atomic E-state index is 11.4. The van der Waals surface area contributed by atoms with Gasteiger partial charge in [-0.25, -0.2) is 4.98 Å². The second-order valence-electron chi connectivity index (χ2n) is 4.41. The van der Waals surface area contributed by atoms with Crippen molar-refractivity contribution in [3.05, 3.63) is 11.1 Å². The summed E-state index contributed by atoms with van der Waals surface area (Å²) in [6.45, 7) is 0.466. The summed E-state index contributed by atoms with van der Waals surface area (Å²) in [5.74, 6) is -1.09. The van der Waals surface area contributed by atoms with Gasteiger partial charge >= 0.3 is 5.97 Å². The van der Waals surface area contributed by atoms with Crippen molar-refractivity contribution in [1.82, 2.24) is 10.3 Å². The Morgan fingerprint density at radius 3 is 2.95 bits per heavy atom. The third-order valence-electron chi connectivity index (χ3n) is 2.68. The van der Waals surface area contributed by atoms with Gasteiger partial charge in [-0.15, -0.1) is 11.3 Å². The fraction of sp³-hybridized carbons (Fsp3) is 0.545. The number of nitrogens with two attached hydrogens (primary N) is 1. The molecule has 0 bridgehead atoms. The van der Waals surface area contributed by atoms with E-state index in [1.54, 1.807) is 5.38 Å². The highest BCUT2D eigenvalue weighted by Crippen LogP contribution is 2.20. The zero-order valence-electron chi connectivity index (χ0n) is 10.3. The number of carbonyl (C=O) groups is 2. The van der Waals surface area contributed by atoms with Crippen molar-refractivity contribution in [3.8, 4) is 0 Å². The molecule has 1 aliphatic carbocycles. The number of carboxylic acids is 1. The standard InChI is InChI=1S/C11H16N4O3S/c12-9(10(17)18)7-5-19-11(15-7)13-4-3-8(16)14-6-1-2-6/h5-6,9H,1-4,12H2,(H,13,15)(H,14,16)(H,17,18). The fourth-order valence-corrected chi connectivity index (χ4v) is 2.22. The summed E-state index contributed by atoms with van der Waals surface area (Å²) in [7, 11) is 0. The Bertz CT molecular complexity index is 472. The van der Waals surface area contributed by atoms with E-state index in [4.69, 9.17) is 10.8 Å². The van der Waals surface area contributed by atoms with Gasteiger partial charge in [0.2, 0.25) is 5.91 Å². The van der Waals surface area contributed by atoms with Gasteiger partial charge in [0.25, 0.3) is 0 Å². The zero-order valence-corrected chi connectivity index (χ0v) is 11.1. The lowest BCUT2D eigenvalue weighted by molar-refractivity contribution is -0.138. The van der Waals surface area contributed by atoms with Crippen molar-refractivity contribution >= 4 is 28.3 Å². The number of hydrogen-bond donors (Lipinski definition) is 4. The van der Waals surface area contributed by atoms with Crippen LogP contribution in [0.15, 0.2) is 5.38 Å². The third kappa shape index (κ3) is 4.18. The van der Waals surface area contributed by atoms with Crippen molar-refractivity contribution in [1.29, 1.82) is 0 Å². The van der Waals surface area contributed by atoms with Crippen molar-refractivity contribution in [3.63, 3.8) is 0 Å². The molecule has 0 saturated heterocycles. The number of rotatable bonds is 7. The Morgan fingerprint density at radius 1 is 1.58 bits per heavy atom. The second-order valence-corrected chi connectivity index (χ2v) is 5.27. The molecule has 1 fully saturated rings. The highest BCUT2D eigenvalue weighted by atomic mass is 32.1. The Hall–Kier alpha value is -1.67. The summed E-state index contributed by atoms with van der Waals surface area (Å²) in [6.07, 6.45) is 2.51. The smallest absolute Gasteiger partial charge is 0.326 e. The Morgan fingerprint density at radius 2 is 2.32 bits per heavy atom. The van der Waals surface area contributed by atoms with E-state index >= 15 is 0 Å². The molecule has 1 aliphatic rings. The van der Waals surface area contributed by atoms with E-state index in [1.807, 2.05) is 0 Å². The summed E-state index contributed by atoms with van der Waals surface area (Å²) in [5.41, 5.74) is 5.76. The predicted octanol–water partition coefficient (Wildman–Crippen LogP) is 0.308. The first-order chi connectivity index (χ1) is 9.06. The normalized spacial score (nSPS) is 15.8. The van der Waals surface area contributed by atoms with Crippen LogP contribution in [0.1, 0.15) is 31.0 Å². The van der Waals surface area contributed by atoms with Crippen LogP contribution in [0.5, 0.6) is 0 Å². The SMILES string of the molecule is NC(C(=O)O)c1csc(NCCC(=O)NC2CC2)n1. The van der Waals surface area contributed by atoms with Crippen molar-refractivity contribution in [2.24, 2.45) is 5.73 Å². The maximum Gasteiger partial charge on any atom is 0.326 e. The Kier molecular flexibility index (Phi) is 4.33. The maximum atomic E-state index is 11.4. The topological polar surface area (TPSA) is 117 Å². The van der Waals surface area contributed by atoms with Gasteiger partial charge in [-0.05, 0) is 12.8 Å². The number of aliphatic carboxylic acids is 1. The Balaban J connectivity index is 1.73. The first kappa shape index (κ1) is 13.8. The molecule has 7 nitrogen and oxygen atoms in total. The first-order valence-corrected chi connectivity index (χ1v) is 6.91. The van der Waals surface area contributed by atoms with Crippen LogP contribution in [0, 0.1) is 0 Å². The minimum Gasteiger partial charge on any atom is -0.480 e. The molecule has 2 rings (SSSR count). The fourth-order valence-electron chi connectivity index (χ4n) is 1.45. The number of nitrogens with one attached hydrogen (secondary N) is 2. The van der Waals surface area contributed by atoms with Gasteiger partial charge in [0, 0.05) is 24.4 Å². The molecule has 1 aromatic rings. The molecule has 0 aliphatic heterocycles. The van der Waals surface area contributed by atoms with E-state index in [0.717, 1.165) is 12.8 Å². The number of aromatic nitrogens is 1. The molecule has 8 heteroatoms. The van der Waals surface area contributed by atoms with Gasteiger partial charge < -0.3 is 21.5 Å². The van der Waals surface area contributed by atoms with Crippen LogP contribution in [-0.4, -0.2) is 34.6 Å². The minimum atomic E-state index is -1.11. The molecule has 5 N–H and O–H groups in total. The number of thiazole rings is 1. The number of amides is 1. The number of carbonyl (C=O) groups excluding carboxylic acids is 1. The lowest BCUT2D eigenvalue weighted by Crippen LogP contribution is -2.27. The lowest BCUT2D eigenvalue weighted by Gasteiger charge is -2.04. The molecular formula is C11H16N4O3S. The molecule has 1 unspecified atom stereocenters. The predicted molar refractivity (Wildman–Crippen MR) is 70.9 cm³/mol. The van der Waals surface area contributed by atoms with Gasteiger partial charge in [0.05, 0.1) is 5.69 Å². The van der Waals surface area contributed by atoms with Crippen molar-refractivity contribution < 1.29 is 14.7 Å². The van der Waals surface area contributed by atoms with E-state index in [2.05, 4.69) is 15.6 Å². The summed E-state index contributed by atoms with van der Waals surface area (Å²) in [5, 5.41) is 16.8. The molecule has 0 spiro atoms. The molecule has 104 valence electrons. The van der Waals surface area contributed by atoms with E-state index in [-0.39, 0.29) is 5.91 Å². The average Bonchev–Trinajstić information content (AvgIpc) is 3.04. The largest absolute Gasteiger partial charge is 0.480 e. The van der Waals surface area contributed by atoms with E-state index in [9.17, 15) is 9.59 Å². The molecular weight excluding hydrogens is 268 g/mol. The highest BCUT2D eigenvalue weighted by Gasteiger charge is 2.22. The molecule has 1 saturated carbocycles. The first-order valence-electron chi connectivity index (χ1n) is 6.03. The van der Waals surface area contributed by atoms with Gasteiger partial charge in [0.1, 0.15) is 6.04 Å². The third-order valence-corrected chi connectivity index (χ3v) is 3.50. The quantitative estimate of drug-likeness (QED) is 0.572. The van der Waals surface area contributed by atoms with Crippen LogP contribution in [0.4, 0.5) is 5.13 Å². The molecule has 0 radical (unpaired) electrons. The number of carboxylic acid groups (broad SMARTS) is 1. The van der Waals surface area contributed by atoms with Crippen LogP contribution >= 0.6 is 11.3 Å². The highest BCUT2D eigenvalue weighted by molar-refractivity contribution is 7.13. The number of nitrogens with zero attached hydrogens (tertiary/aromatic N) is 1. The van der Waals surface area contributed by atoms with Crippen LogP contribution in [0.3, 0.4) is 0 Å². The average molecular weight is 284 g/mol. The van der Waals surface area contributed by atoms with Crippen LogP contribution in [0.25, 0.3) is 0 Å². The summed E-state index contributed by atoms with van der Waals surface area (Å²) >= 11 is 1.28. The summed E-state index contributed by atoms with van der Waals surface area (Å²) in [6, 6.07) is -0.738. The summed E-state index contributed by atoms with van der Waals surface area (Å²) < 4.78 is 0. The van der Waals surface area contributed by atoms with Crippen molar-refractivity contribution in [2.45, 2.75) is 31.3 Å². The van der Waals surface area contributed by atoms with E-state index < -0.39 is 12.0 Å². The molecule has 19 heavy (non-hydrogen) atoms. The lowest BCUT2D eigenvalue weighted by atomic mass is 10.2. The molecule has 0 aromatic carbocycles. The van der Waals surface area contributed by atoms with E-state index in [0.29, 0.717) is 29.8 Å². The second kappa shape index (κ2) is 5.98. The van der Waals surface area contributed by atoms with Gasteiger partial charge in [-0.1, -0.05) is 0 Å². The zero-order chi connectivity index (χ0) is 13.8. The number of hydrogen-bond acceptors (Lipinski definition) is 6. The molecule has 1 heterocycles. The summed E-state index contributed by atoms with van der Waals surface area (Å²) in [4.78, 5) is 26.2. The van der Waals surface area contributed by atoms with Crippen LogP contribution in [-0.2, 0) is 9.59 Å². The molecule has 1 aromatic heterocycles. The van der Waals surface area contributed by atoms with Gasteiger partial charge in [0.15, 0.2) is 5.13 Å². The van der Waals surface area contributed by atoms with Crippen molar-refractivity contribution in [2.75, 3.05) is 11.9 Å². The molecule has 1 amide bonds. The van der Waals surface area contributed by atoms with Crippen LogP contribution in [0.2, 0.25) is 0 Å². The molecule has 1 atom stereocenters. The number of anilines is 1. The Labute approximate surface area is 114 Å². The van der Waals surface area contributed by atoms with Gasteiger partial charge in [-0.3, -0.25) is 9.59 Å². The van der Waals surface area contributed by atoms with Crippen LogP contribution < -0.4 is 16.4 Å². The minimum absolute atomic E-state index is 0.0222. The van der Waals surface area contributed by atoms with Gasteiger partial charge in [-0.2, -0.15) is 0 Å². The monoisotopic (exact) mass is 284 g/mol. The van der Waals surface area contributed by atoms with E-state index in [1.165, 1.54) is 11.3 Å².